The molecule has 1 fully saturated rings. The van der Waals surface area contributed by atoms with Crippen molar-refractivity contribution in [1.82, 2.24) is 5.32 Å². The van der Waals surface area contributed by atoms with Crippen molar-refractivity contribution in [3.8, 4) is 0 Å². The molecule has 0 heterocycles. The van der Waals surface area contributed by atoms with Crippen LogP contribution in [0.5, 0.6) is 0 Å². The molecule has 1 aliphatic rings. The minimum absolute atomic E-state index is 0.215. The quantitative estimate of drug-likeness (QED) is 0.672. The average Bonchev–Trinajstić information content (AvgIpc) is 2.30. The van der Waals surface area contributed by atoms with Crippen LogP contribution in [0.3, 0.4) is 0 Å². The van der Waals surface area contributed by atoms with Crippen LogP contribution in [-0.4, -0.2) is 23.8 Å². The minimum Gasteiger partial charge on any atom is -0.392 e. The third-order valence-electron chi connectivity index (χ3n) is 3.14. The molecule has 4 unspecified atom stereocenters. The first kappa shape index (κ1) is 10.0. The fourth-order valence-corrected chi connectivity index (χ4v) is 1.97. The van der Waals surface area contributed by atoms with Gasteiger partial charge in [-0.2, -0.15) is 0 Å². The maximum absolute atomic E-state index is 9.10. The molecular formula is C10H21NO. The molecule has 0 amide bonds. The van der Waals surface area contributed by atoms with Crippen molar-refractivity contribution in [3.63, 3.8) is 0 Å². The summed E-state index contributed by atoms with van der Waals surface area (Å²) >= 11 is 0. The summed E-state index contributed by atoms with van der Waals surface area (Å²) in [5.41, 5.74) is 0. The van der Waals surface area contributed by atoms with Gasteiger partial charge in [0.2, 0.25) is 0 Å². The number of aliphatic hydroxyl groups is 1. The van der Waals surface area contributed by atoms with E-state index in [1.807, 2.05) is 6.92 Å². The first-order valence-corrected chi connectivity index (χ1v) is 5.02. The van der Waals surface area contributed by atoms with Gasteiger partial charge in [0.15, 0.2) is 0 Å². The maximum atomic E-state index is 9.10. The third-order valence-corrected chi connectivity index (χ3v) is 3.14. The summed E-state index contributed by atoms with van der Waals surface area (Å²) in [4.78, 5) is 0. The topological polar surface area (TPSA) is 32.3 Å². The van der Waals surface area contributed by atoms with Crippen LogP contribution in [0, 0.1) is 11.8 Å². The largest absolute Gasteiger partial charge is 0.392 e. The van der Waals surface area contributed by atoms with Crippen molar-refractivity contribution in [2.75, 3.05) is 6.54 Å². The Kier molecular flexibility index (Phi) is 3.53. The molecule has 2 heteroatoms. The van der Waals surface area contributed by atoms with Crippen molar-refractivity contribution in [2.45, 2.75) is 45.8 Å². The van der Waals surface area contributed by atoms with Gasteiger partial charge in [-0.3, -0.25) is 0 Å². The highest BCUT2D eigenvalue weighted by Crippen LogP contribution is 2.30. The molecule has 72 valence electrons. The fraction of sp³-hybridized carbons (Fsp3) is 1.00. The normalized spacial score (nSPS) is 38.5. The lowest BCUT2D eigenvalue weighted by Crippen LogP contribution is -2.36. The lowest BCUT2D eigenvalue weighted by atomic mass is 9.98. The summed E-state index contributed by atoms with van der Waals surface area (Å²) in [5, 5.41) is 12.5. The Balaban J connectivity index is 2.24. The van der Waals surface area contributed by atoms with Gasteiger partial charge in [0.1, 0.15) is 0 Å². The van der Waals surface area contributed by atoms with Gasteiger partial charge < -0.3 is 10.4 Å². The fourth-order valence-electron chi connectivity index (χ4n) is 1.97. The molecule has 2 nitrogen and oxygen atoms in total. The van der Waals surface area contributed by atoms with E-state index < -0.39 is 0 Å². The van der Waals surface area contributed by atoms with Crippen LogP contribution < -0.4 is 5.32 Å². The van der Waals surface area contributed by atoms with E-state index in [1.165, 1.54) is 12.8 Å². The highest BCUT2D eigenvalue weighted by atomic mass is 16.3. The Labute approximate surface area is 75.4 Å². The van der Waals surface area contributed by atoms with E-state index in [2.05, 4.69) is 19.2 Å². The molecule has 4 atom stereocenters. The van der Waals surface area contributed by atoms with Gasteiger partial charge in [0, 0.05) is 12.6 Å². The lowest BCUT2D eigenvalue weighted by Gasteiger charge is -2.20. The monoisotopic (exact) mass is 171 g/mol. The number of hydrogen-bond donors (Lipinski definition) is 2. The standard InChI is InChI=1S/C10H21NO/c1-7-4-5-10(9(7)3)11-6-8(2)12/h7-12H,4-6H2,1-3H3. The molecule has 0 aromatic rings. The maximum Gasteiger partial charge on any atom is 0.0636 e. The molecule has 0 aliphatic heterocycles. The Bertz CT molecular complexity index is 136. The lowest BCUT2D eigenvalue weighted by molar-refractivity contribution is 0.181. The Hall–Kier alpha value is -0.0800. The van der Waals surface area contributed by atoms with Crippen molar-refractivity contribution in [1.29, 1.82) is 0 Å². The van der Waals surface area contributed by atoms with Gasteiger partial charge in [-0.05, 0) is 31.6 Å². The van der Waals surface area contributed by atoms with Crippen molar-refractivity contribution < 1.29 is 5.11 Å². The second-order valence-electron chi connectivity index (χ2n) is 4.28. The van der Waals surface area contributed by atoms with Gasteiger partial charge in [-0.1, -0.05) is 13.8 Å². The smallest absolute Gasteiger partial charge is 0.0636 e. The van der Waals surface area contributed by atoms with Crippen molar-refractivity contribution >= 4 is 0 Å². The number of hydrogen-bond acceptors (Lipinski definition) is 2. The Morgan fingerprint density at radius 2 is 2.08 bits per heavy atom. The summed E-state index contributed by atoms with van der Waals surface area (Å²) < 4.78 is 0. The highest BCUT2D eigenvalue weighted by Gasteiger charge is 2.29. The van der Waals surface area contributed by atoms with Crippen LogP contribution >= 0.6 is 0 Å². The van der Waals surface area contributed by atoms with Crippen molar-refractivity contribution in [2.24, 2.45) is 11.8 Å². The van der Waals surface area contributed by atoms with E-state index in [4.69, 9.17) is 5.11 Å². The molecule has 0 aromatic heterocycles. The summed E-state index contributed by atoms with van der Waals surface area (Å²) in [6.45, 7) is 7.18. The number of rotatable bonds is 3. The highest BCUT2D eigenvalue weighted by molar-refractivity contribution is 4.84. The molecule has 0 aromatic carbocycles. The molecule has 1 rings (SSSR count). The van der Waals surface area contributed by atoms with E-state index in [1.54, 1.807) is 0 Å². The van der Waals surface area contributed by atoms with E-state index in [9.17, 15) is 0 Å². The molecule has 2 N–H and O–H groups in total. The first-order valence-electron chi connectivity index (χ1n) is 5.02. The third kappa shape index (κ3) is 2.46. The summed E-state index contributed by atoms with van der Waals surface area (Å²) in [5.74, 6) is 1.61. The summed E-state index contributed by atoms with van der Waals surface area (Å²) in [6, 6.07) is 0.634. The second kappa shape index (κ2) is 4.24. The van der Waals surface area contributed by atoms with E-state index in [-0.39, 0.29) is 6.10 Å². The summed E-state index contributed by atoms with van der Waals surface area (Å²) in [6.07, 6.45) is 2.39. The minimum atomic E-state index is -0.215. The van der Waals surface area contributed by atoms with Gasteiger partial charge >= 0.3 is 0 Å². The van der Waals surface area contributed by atoms with Crippen molar-refractivity contribution in [3.05, 3.63) is 0 Å². The molecule has 0 spiro atoms. The van der Waals surface area contributed by atoms with E-state index in [0.717, 1.165) is 18.4 Å². The molecule has 0 radical (unpaired) electrons. The van der Waals surface area contributed by atoms with Crippen LogP contribution in [-0.2, 0) is 0 Å². The van der Waals surface area contributed by atoms with Crippen LogP contribution in [0.15, 0.2) is 0 Å². The number of nitrogens with one attached hydrogen (secondary N) is 1. The molecule has 1 saturated carbocycles. The molecule has 0 bridgehead atoms. The zero-order valence-electron chi connectivity index (χ0n) is 8.38. The van der Waals surface area contributed by atoms with Crippen LogP contribution in [0.4, 0.5) is 0 Å². The summed E-state index contributed by atoms with van der Waals surface area (Å²) in [7, 11) is 0. The van der Waals surface area contributed by atoms with E-state index in [0.29, 0.717) is 6.04 Å². The predicted molar refractivity (Wildman–Crippen MR) is 51.0 cm³/mol. The van der Waals surface area contributed by atoms with Crippen LogP contribution in [0.1, 0.15) is 33.6 Å². The molecule has 1 aliphatic carbocycles. The predicted octanol–water partition coefficient (Wildman–Crippen LogP) is 1.39. The zero-order valence-corrected chi connectivity index (χ0v) is 8.38. The SMILES string of the molecule is CC(O)CNC1CCC(C)C1C. The Morgan fingerprint density at radius 3 is 2.50 bits per heavy atom. The molecule has 12 heavy (non-hydrogen) atoms. The molecular weight excluding hydrogens is 150 g/mol. The first-order chi connectivity index (χ1) is 5.61. The Morgan fingerprint density at radius 1 is 1.42 bits per heavy atom. The zero-order chi connectivity index (χ0) is 9.14. The molecule has 0 saturated heterocycles. The van der Waals surface area contributed by atoms with Gasteiger partial charge in [-0.25, -0.2) is 0 Å². The van der Waals surface area contributed by atoms with Gasteiger partial charge in [0.25, 0.3) is 0 Å². The van der Waals surface area contributed by atoms with Crippen LogP contribution in [0.2, 0.25) is 0 Å². The van der Waals surface area contributed by atoms with E-state index >= 15 is 0 Å². The van der Waals surface area contributed by atoms with Gasteiger partial charge in [-0.15, -0.1) is 0 Å². The second-order valence-corrected chi connectivity index (χ2v) is 4.28. The number of aliphatic hydroxyl groups excluding tert-OH is 1. The average molecular weight is 171 g/mol. The van der Waals surface area contributed by atoms with Crippen LogP contribution in [0.25, 0.3) is 0 Å². The van der Waals surface area contributed by atoms with Gasteiger partial charge in [0.05, 0.1) is 6.10 Å².